The molecule has 0 fully saturated rings. The first kappa shape index (κ1) is 13.2. The molecule has 0 radical (unpaired) electrons. The van der Waals surface area contributed by atoms with Gasteiger partial charge in [0.15, 0.2) is 0 Å². The first-order chi connectivity index (χ1) is 7.95. The second kappa shape index (κ2) is 5.49. The third-order valence-corrected chi connectivity index (χ3v) is 2.55. The smallest absolute Gasteiger partial charge is 0.269 e. The third-order valence-electron chi connectivity index (χ3n) is 2.18. The van der Waals surface area contributed by atoms with Crippen molar-refractivity contribution in [2.24, 2.45) is 5.73 Å². The lowest BCUT2D eigenvalue weighted by Crippen LogP contribution is -2.25. The number of benzene rings is 1. The van der Waals surface area contributed by atoms with Crippen molar-refractivity contribution in [3.63, 3.8) is 0 Å². The van der Waals surface area contributed by atoms with E-state index >= 15 is 0 Å². The summed E-state index contributed by atoms with van der Waals surface area (Å²) in [6.07, 6.45) is 0.0851. The van der Waals surface area contributed by atoms with Crippen LogP contribution in [0.1, 0.15) is 5.56 Å². The number of halogens is 1. The average molecular weight is 259 g/mol. The molecule has 0 heterocycles. The molecule has 0 aromatic heterocycles. The minimum Gasteiger partial charge on any atom is -0.496 e. The summed E-state index contributed by atoms with van der Waals surface area (Å²) in [5.41, 5.74) is 5.41. The van der Waals surface area contributed by atoms with Crippen molar-refractivity contribution < 1.29 is 14.5 Å². The molecule has 1 unspecified atom stereocenters. The molecule has 2 N–H and O–H groups in total. The van der Waals surface area contributed by atoms with Gasteiger partial charge in [0, 0.05) is 24.1 Å². The van der Waals surface area contributed by atoms with E-state index in [-0.39, 0.29) is 12.1 Å². The van der Waals surface area contributed by atoms with Crippen LogP contribution in [0.5, 0.6) is 5.75 Å². The maximum atomic E-state index is 10.8. The highest BCUT2D eigenvalue weighted by Gasteiger charge is 2.17. The van der Waals surface area contributed by atoms with Gasteiger partial charge in [0.25, 0.3) is 5.69 Å². The van der Waals surface area contributed by atoms with E-state index in [2.05, 4.69) is 0 Å². The predicted molar refractivity (Wildman–Crippen MR) is 62.2 cm³/mol. The number of ether oxygens (including phenoxy) is 1. The number of hydrogen-bond donors (Lipinski definition) is 1. The highest BCUT2D eigenvalue weighted by molar-refractivity contribution is 6.30. The molecule has 17 heavy (non-hydrogen) atoms. The highest BCUT2D eigenvalue weighted by Crippen LogP contribution is 2.26. The molecule has 0 aliphatic carbocycles. The number of methoxy groups -OCH3 is 1. The molecule has 0 saturated carbocycles. The molecule has 0 bridgehead atoms. The number of hydrogen-bond acceptors (Lipinski definition) is 4. The van der Waals surface area contributed by atoms with Crippen LogP contribution in [0.2, 0.25) is 0 Å². The third kappa shape index (κ3) is 3.32. The lowest BCUT2D eigenvalue weighted by atomic mass is 10.1. The van der Waals surface area contributed by atoms with Gasteiger partial charge in [-0.25, -0.2) is 0 Å². The summed E-state index contributed by atoms with van der Waals surface area (Å²) >= 11 is 5.71. The standard InChI is InChI=1S/C10H11ClN2O4/c1-17-9-3-2-7(13(15)16)4-6(9)5-8(11)10(12)14/h2-4,8H,5H2,1H3,(H2,12,14). The number of alkyl halides is 1. The number of nitrogens with two attached hydrogens (primary N) is 1. The summed E-state index contributed by atoms with van der Waals surface area (Å²) in [4.78, 5) is 20.9. The number of rotatable bonds is 5. The number of primary amides is 1. The molecular formula is C10H11ClN2O4. The highest BCUT2D eigenvalue weighted by atomic mass is 35.5. The molecule has 0 saturated heterocycles. The Labute approximate surface area is 102 Å². The number of carbonyl (C=O) groups is 1. The van der Waals surface area contributed by atoms with Gasteiger partial charge in [0.1, 0.15) is 11.1 Å². The number of nitro groups is 1. The van der Waals surface area contributed by atoms with Crippen molar-refractivity contribution in [1.82, 2.24) is 0 Å². The Morgan fingerprint density at radius 1 is 1.65 bits per heavy atom. The molecule has 1 amide bonds. The Kier molecular flexibility index (Phi) is 4.28. The second-order valence-corrected chi connectivity index (χ2v) is 3.85. The Bertz CT molecular complexity index is 450. The van der Waals surface area contributed by atoms with E-state index in [1.807, 2.05) is 0 Å². The van der Waals surface area contributed by atoms with Gasteiger partial charge >= 0.3 is 0 Å². The SMILES string of the molecule is COc1ccc([N+](=O)[O-])cc1CC(Cl)C(N)=O. The number of nitrogens with zero attached hydrogens (tertiary/aromatic N) is 1. The molecular weight excluding hydrogens is 248 g/mol. The van der Waals surface area contributed by atoms with Crippen LogP contribution in [0.25, 0.3) is 0 Å². The predicted octanol–water partition coefficient (Wildman–Crippen LogP) is 1.24. The fourth-order valence-corrected chi connectivity index (χ4v) is 1.50. The zero-order valence-corrected chi connectivity index (χ0v) is 9.81. The van der Waals surface area contributed by atoms with E-state index in [1.54, 1.807) is 0 Å². The molecule has 0 spiro atoms. The molecule has 1 aromatic carbocycles. The number of amides is 1. The van der Waals surface area contributed by atoms with Crippen LogP contribution in [-0.2, 0) is 11.2 Å². The summed E-state index contributed by atoms with van der Waals surface area (Å²) in [6, 6.07) is 4.09. The van der Waals surface area contributed by atoms with E-state index in [1.165, 1.54) is 25.3 Å². The first-order valence-corrected chi connectivity index (χ1v) is 5.14. The van der Waals surface area contributed by atoms with Gasteiger partial charge in [-0.15, -0.1) is 11.6 Å². The summed E-state index contributed by atoms with van der Waals surface area (Å²) in [7, 11) is 1.43. The Balaban J connectivity index is 3.06. The van der Waals surface area contributed by atoms with Crippen LogP contribution < -0.4 is 10.5 Å². The number of carbonyl (C=O) groups excluding carboxylic acids is 1. The normalized spacial score (nSPS) is 11.9. The monoisotopic (exact) mass is 258 g/mol. The fourth-order valence-electron chi connectivity index (χ4n) is 1.33. The lowest BCUT2D eigenvalue weighted by molar-refractivity contribution is -0.384. The molecule has 0 aliphatic heterocycles. The van der Waals surface area contributed by atoms with Crippen molar-refractivity contribution in [1.29, 1.82) is 0 Å². The van der Waals surface area contributed by atoms with Crippen molar-refractivity contribution >= 4 is 23.2 Å². The molecule has 1 rings (SSSR count). The van der Waals surface area contributed by atoms with Crippen LogP contribution in [-0.4, -0.2) is 23.3 Å². The Morgan fingerprint density at radius 2 is 2.29 bits per heavy atom. The molecule has 1 aromatic rings. The van der Waals surface area contributed by atoms with E-state index < -0.39 is 16.2 Å². The van der Waals surface area contributed by atoms with Gasteiger partial charge in [-0.1, -0.05) is 0 Å². The average Bonchev–Trinajstić information content (AvgIpc) is 2.28. The summed E-state index contributed by atoms with van der Waals surface area (Å²) < 4.78 is 5.03. The van der Waals surface area contributed by atoms with Crippen LogP contribution in [0.15, 0.2) is 18.2 Å². The van der Waals surface area contributed by atoms with Gasteiger partial charge in [-0.3, -0.25) is 14.9 Å². The van der Waals surface area contributed by atoms with Crippen molar-refractivity contribution in [2.75, 3.05) is 7.11 Å². The van der Waals surface area contributed by atoms with E-state index in [9.17, 15) is 14.9 Å². The molecule has 0 aliphatic rings. The Morgan fingerprint density at radius 3 is 2.76 bits per heavy atom. The molecule has 6 nitrogen and oxygen atoms in total. The van der Waals surface area contributed by atoms with Crippen molar-refractivity contribution in [3.05, 3.63) is 33.9 Å². The Hall–Kier alpha value is -1.82. The van der Waals surface area contributed by atoms with Crippen molar-refractivity contribution in [2.45, 2.75) is 11.8 Å². The quantitative estimate of drug-likeness (QED) is 0.488. The lowest BCUT2D eigenvalue weighted by Gasteiger charge is -2.10. The summed E-state index contributed by atoms with van der Waals surface area (Å²) in [5, 5.41) is 9.69. The molecule has 7 heteroatoms. The van der Waals surface area contributed by atoms with Gasteiger partial charge in [0.2, 0.25) is 5.91 Å². The van der Waals surface area contributed by atoms with E-state index in [4.69, 9.17) is 22.1 Å². The first-order valence-electron chi connectivity index (χ1n) is 4.70. The number of nitro benzene ring substituents is 1. The summed E-state index contributed by atoms with van der Waals surface area (Å²) in [6.45, 7) is 0. The zero-order chi connectivity index (χ0) is 13.0. The topological polar surface area (TPSA) is 95.5 Å². The van der Waals surface area contributed by atoms with Crippen molar-refractivity contribution in [3.8, 4) is 5.75 Å². The zero-order valence-electron chi connectivity index (χ0n) is 9.05. The van der Waals surface area contributed by atoms with Gasteiger partial charge in [-0.05, 0) is 6.07 Å². The fraction of sp³-hybridized carbons (Fsp3) is 0.300. The van der Waals surface area contributed by atoms with Gasteiger partial charge in [-0.2, -0.15) is 0 Å². The van der Waals surface area contributed by atoms with Crippen LogP contribution in [0, 0.1) is 10.1 Å². The maximum Gasteiger partial charge on any atom is 0.269 e. The van der Waals surface area contributed by atoms with Crippen LogP contribution >= 0.6 is 11.6 Å². The van der Waals surface area contributed by atoms with E-state index in [0.717, 1.165) is 0 Å². The molecule has 92 valence electrons. The summed E-state index contributed by atoms with van der Waals surface area (Å²) in [5.74, 6) is -0.247. The van der Waals surface area contributed by atoms with Gasteiger partial charge < -0.3 is 10.5 Å². The number of non-ortho nitro benzene ring substituents is 1. The maximum absolute atomic E-state index is 10.8. The van der Waals surface area contributed by atoms with Crippen LogP contribution in [0.3, 0.4) is 0 Å². The largest absolute Gasteiger partial charge is 0.496 e. The minimum absolute atomic E-state index is 0.0851. The van der Waals surface area contributed by atoms with Crippen LogP contribution in [0.4, 0.5) is 5.69 Å². The molecule has 1 atom stereocenters. The second-order valence-electron chi connectivity index (χ2n) is 3.33. The minimum atomic E-state index is -0.925. The van der Waals surface area contributed by atoms with E-state index in [0.29, 0.717) is 11.3 Å². The van der Waals surface area contributed by atoms with Gasteiger partial charge in [0.05, 0.1) is 12.0 Å².